The molecule has 0 saturated heterocycles. The minimum atomic E-state index is -0.937. The lowest BCUT2D eigenvalue weighted by molar-refractivity contribution is 0.0697. The van der Waals surface area contributed by atoms with E-state index in [-0.39, 0.29) is 5.56 Å². The van der Waals surface area contributed by atoms with Crippen LogP contribution in [0.4, 0.5) is 0 Å². The molecule has 4 heteroatoms. The molecule has 17 heavy (non-hydrogen) atoms. The summed E-state index contributed by atoms with van der Waals surface area (Å²) in [5, 5.41) is 11.8. The van der Waals surface area contributed by atoms with Crippen LogP contribution in [0.15, 0.2) is 24.3 Å². The van der Waals surface area contributed by atoms with E-state index in [1.807, 2.05) is 0 Å². The molecule has 90 valence electrons. The van der Waals surface area contributed by atoms with E-state index in [0.717, 1.165) is 6.54 Å². The van der Waals surface area contributed by atoms with Gasteiger partial charge in [-0.05, 0) is 24.3 Å². The Morgan fingerprint density at radius 2 is 2.06 bits per heavy atom. The average molecular weight is 233 g/mol. The first kappa shape index (κ1) is 13.1. The zero-order chi connectivity index (χ0) is 12.5. The molecule has 0 amide bonds. The van der Waals surface area contributed by atoms with Gasteiger partial charge in [-0.15, -0.1) is 12.3 Å². The second-order valence-electron chi connectivity index (χ2n) is 3.38. The molecular weight excluding hydrogens is 218 g/mol. The van der Waals surface area contributed by atoms with Crippen LogP contribution in [-0.4, -0.2) is 30.8 Å². The Kier molecular flexibility index (Phi) is 5.62. The lowest BCUT2D eigenvalue weighted by Gasteiger charge is -2.06. The lowest BCUT2D eigenvalue weighted by Crippen LogP contribution is -2.21. The van der Waals surface area contributed by atoms with Gasteiger partial charge in [-0.3, -0.25) is 0 Å². The number of rotatable bonds is 7. The number of terminal acetylenes is 1. The Labute approximate surface area is 101 Å². The Morgan fingerprint density at radius 3 is 2.65 bits per heavy atom. The van der Waals surface area contributed by atoms with Crippen LogP contribution in [0.1, 0.15) is 16.8 Å². The summed E-state index contributed by atoms with van der Waals surface area (Å²) < 4.78 is 5.41. The van der Waals surface area contributed by atoms with E-state index in [4.69, 9.17) is 16.3 Å². The summed E-state index contributed by atoms with van der Waals surface area (Å²) in [6, 6.07) is 6.32. The zero-order valence-electron chi connectivity index (χ0n) is 9.48. The third-order valence-electron chi connectivity index (χ3n) is 2.09. The molecule has 0 aliphatic heterocycles. The van der Waals surface area contributed by atoms with Crippen molar-refractivity contribution in [2.45, 2.75) is 6.42 Å². The number of nitrogens with one attached hydrogen (secondary N) is 1. The molecular formula is C13H15NO3. The number of aromatic carboxylic acids is 1. The molecule has 0 bridgehead atoms. The lowest BCUT2D eigenvalue weighted by atomic mass is 10.2. The molecule has 1 aromatic rings. The highest BCUT2D eigenvalue weighted by Gasteiger charge is 2.01. The van der Waals surface area contributed by atoms with Crippen LogP contribution in [-0.2, 0) is 0 Å². The number of hydrogen-bond donors (Lipinski definition) is 2. The van der Waals surface area contributed by atoms with Gasteiger partial charge in [0.2, 0.25) is 0 Å². The third kappa shape index (κ3) is 5.05. The van der Waals surface area contributed by atoms with Crippen LogP contribution in [0.3, 0.4) is 0 Å². The van der Waals surface area contributed by atoms with Crippen molar-refractivity contribution in [3.05, 3.63) is 29.8 Å². The highest BCUT2D eigenvalue weighted by atomic mass is 16.5. The van der Waals surface area contributed by atoms with E-state index in [0.29, 0.717) is 25.3 Å². The fourth-order valence-electron chi connectivity index (χ4n) is 1.22. The van der Waals surface area contributed by atoms with Crippen molar-refractivity contribution < 1.29 is 14.6 Å². The molecule has 0 atom stereocenters. The highest BCUT2D eigenvalue weighted by Crippen LogP contribution is 2.11. The van der Waals surface area contributed by atoms with E-state index in [1.165, 1.54) is 12.1 Å². The average Bonchev–Trinajstić information content (AvgIpc) is 2.34. The normalized spacial score (nSPS) is 9.59. The minimum Gasteiger partial charge on any atom is -0.492 e. The van der Waals surface area contributed by atoms with E-state index in [9.17, 15) is 4.79 Å². The molecule has 1 aromatic carbocycles. The van der Waals surface area contributed by atoms with Crippen LogP contribution < -0.4 is 10.1 Å². The third-order valence-corrected chi connectivity index (χ3v) is 2.09. The molecule has 0 fully saturated rings. The number of carbonyl (C=O) groups is 1. The largest absolute Gasteiger partial charge is 0.492 e. The summed E-state index contributed by atoms with van der Waals surface area (Å²) in [7, 11) is 0. The number of ether oxygens (including phenoxy) is 1. The SMILES string of the molecule is C#CCCNCCOc1ccc(C(=O)O)cc1. The summed E-state index contributed by atoms with van der Waals surface area (Å²) in [6.07, 6.45) is 5.81. The fourth-order valence-corrected chi connectivity index (χ4v) is 1.22. The van der Waals surface area contributed by atoms with Crippen LogP contribution in [0.5, 0.6) is 5.75 Å². The molecule has 0 aromatic heterocycles. The molecule has 0 saturated carbocycles. The van der Waals surface area contributed by atoms with Gasteiger partial charge in [0.15, 0.2) is 0 Å². The smallest absolute Gasteiger partial charge is 0.335 e. The van der Waals surface area contributed by atoms with Gasteiger partial charge in [-0.25, -0.2) is 4.79 Å². The summed E-state index contributed by atoms with van der Waals surface area (Å²) in [5.41, 5.74) is 0.254. The van der Waals surface area contributed by atoms with Gasteiger partial charge < -0.3 is 15.2 Å². The van der Waals surface area contributed by atoms with Gasteiger partial charge in [-0.2, -0.15) is 0 Å². The molecule has 0 spiro atoms. The maximum atomic E-state index is 10.6. The summed E-state index contributed by atoms with van der Waals surface area (Å²) in [5.74, 6) is 2.26. The summed E-state index contributed by atoms with van der Waals surface area (Å²) >= 11 is 0. The van der Waals surface area contributed by atoms with Crippen LogP contribution in [0.2, 0.25) is 0 Å². The van der Waals surface area contributed by atoms with Crippen LogP contribution >= 0.6 is 0 Å². The first-order valence-corrected chi connectivity index (χ1v) is 5.34. The Balaban J connectivity index is 2.23. The van der Waals surface area contributed by atoms with Gasteiger partial charge >= 0.3 is 5.97 Å². The predicted molar refractivity (Wildman–Crippen MR) is 65.2 cm³/mol. The standard InChI is InChI=1S/C13H15NO3/c1-2-3-8-14-9-10-17-12-6-4-11(5-7-12)13(15)16/h1,4-7,14H,3,8-10H2,(H,15,16). The second-order valence-corrected chi connectivity index (χ2v) is 3.38. The maximum Gasteiger partial charge on any atom is 0.335 e. The number of hydrogen-bond acceptors (Lipinski definition) is 3. The molecule has 1 rings (SSSR count). The quantitative estimate of drug-likeness (QED) is 0.551. The molecule has 4 nitrogen and oxygen atoms in total. The highest BCUT2D eigenvalue weighted by molar-refractivity contribution is 5.87. The van der Waals surface area contributed by atoms with Crippen molar-refractivity contribution >= 4 is 5.97 Å². The monoisotopic (exact) mass is 233 g/mol. The van der Waals surface area contributed by atoms with Crippen molar-refractivity contribution in [3.63, 3.8) is 0 Å². The Morgan fingerprint density at radius 1 is 1.35 bits per heavy atom. The topological polar surface area (TPSA) is 58.6 Å². The van der Waals surface area contributed by atoms with Gasteiger partial charge in [0.1, 0.15) is 12.4 Å². The van der Waals surface area contributed by atoms with E-state index in [1.54, 1.807) is 12.1 Å². The Bertz CT molecular complexity index is 392. The minimum absolute atomic E-state index is 0.254. The van der Waals surface area contributed by atoms with E-state index in [2.05, 4.69) is 11.2 Å². The molecule has 0 radical (unpaired) electrons. The molecule has 2 N–H and O–H groups in total. The van der Waals surface area contributed by atoms with Crippen molar-refractivity contribution in [2.75, 3.05) is 19.7 Å². The van der Waals surface area contributed by atoms with Crippen molar-refractivity contribution in [1.29, 1.82) is 0 Å². The second kappa shape index (κ2) is 7.31. The van der Waals surface area contributed by atoms with Gasteiger partial charge in [-0.1, -0.05) is 0 Å². The first-order chi connectivity index (χ1) is 8.24. The molecule has 0 aliphatic carbocycles. The van der Waals surface area contributed by atoms with Crippen molar-refractivity contribution in [2.24, 2.45) is 0 Å². The fraction of sp³-hybridized carbons (Fsp3) is 0.308. The van der Waals surface area contributed by atoms with Gasteiger partial charge in [0, 0.05) is 19.5 Å². The molecule has 0 unspecified atom stereocenters. The number of carboxylic acid groups (broad SMARTS) is 1. The number of benzene rings is 1. The zero-order valence-corrected chi connectivity index (χ0v) is 9.48. The Hall–Kier alpha value is -1.99. The number of carboxylic acids is 1. The van der Waals surface area contributed by atoms with Gasteiger partial charge in [0.25, 0.3) is 0 Å². The first-order valence-electron chi connectivity index (χ1n) is 5.34. The van der Waals surface area contributed by atoms with Gasteiger partial charge in [0.05, 0.1) is 5.56 Å². The van der Waals surface area contributed by atoms with Crippen molar-refractivity contribution in [1.82, 2.24) is 5.32 Å². The summed E-state index contributed by atoms with van der Waals surface area (Å²) in [4.78, 5) is 10.6. The predicted octanol–water partition coefficient (Wildman–Crippen LogP) is 1.38. The molecule has 0 aliphatic rings. The maximum absolute atomic E-state index is 10.6. The summed E-state index contributed by atoms with van der Waals surface area (Å²) in [6.45, 7) is 2.01. The van der Waals surface area contributed by atoms with Crippen molar-refractivity contribution in [3.8, 4) is 18.1 Å². The van der Waals surface area contributed by atoms with Crippen LogP contribution in [0, 0.1) is 12.3 Å². The van der Waals surface area contributed by atoms with Crippen LogP contribution in [0.25, 0.3) is 0 Å². The molecule has 0 heterocycles. The van der Waals surface area contributed by atoms with E-state index >= 15 is 0 Å². The van der Waals surface area contributed by atoms with E-state index < -0.39 is 5.97 Å².